The lowest BCUT2D eigenvalue weighted by Crippen LogP contribution is -2.63. The van der Waals surface area contributed by atoms with Gasteiger partial charge < -0.3 is 33.5 Å². The quantitative estimate of drug-likeness (QED) is 0.148. The van der Waals surface area contributed by atoms with Crippen LogP contribution in [-0.4, -0.2) is 61.6 Å². The summed E-state index contributed by atoms with van der Waals surface area (Å²) >= 11 is 6.18. The van der Waals surface area contributed by atoms with Crippen molar-refractivity contribution in [2.75, 3.05) is 26.4 Å². The summed E-state index contributed by atoms with van der Waals surface area (Å²) in [5.74, 6) is -5.42. The topological polar surface area (TPSA) is 156 Å². The minimum absolute atomic E-state index is 0.0637. The number of nitrogens with one attached hydrogen (secondary N) is 1. The van der Waals surface area contributed by atoms with Gasteiger partial charge in [-0.05, 0) is 67.8 Å². The molecule has 13 heteroatoms. The van der Waals surface area contributed by atoms with Crippen molar-refractivity contribution in [3.8, 4) is 11.5 Å². The van der Waals surface area contributed by atoms with Crippen LogP contribution in [0.1, 0.15) is 43.9 Å². The molecule has 12 nitrogen and oxygen atoms in total. The Balaban J connectivity index is 1.75. The maximum absolute atomic E-state index is 12.5. The minimum atomic E-state index is -2.47. The van der Waals surface area contributed by atoms with Crippen LogP contribution in [0.25, 0.3) is 0 Å². The fourth-order valence-corrected chi connectivity index (χ4v) is 5.14. The lowest BCUT2D eigenvalue weighted by molar-refractivity contribution is -0.290. The summed E-state index contributed by atoms with van der Waals surface area (Å²) < 4.78 is 31.7. The molecule has 0 spiro atoms. The fourth-order valence-electron chi connectivity index (χ4n) is 4.95. The molecule has 2 N–H and O–H groups in total. The van der Waals surface area contributed by atoms with Gasteiger partial charge in [0.15, 0.2) is 13.2 Å². The number of carbonyl (C=O) groups is 4. The van der Waals surface area contributed by atoms with Crippen molar-refractivity contribution in [3.05, 3.63) is 94.5 Å². The third-order valence-corrected chi connectivity index (χ3v) is 7.39. The molecule has 2 atom stereocenters. The van der Waals surface area contributed by atoms with Crippen LogP contribution in [0.15, 0.2) is 72.8 Å². The summed E-state index contributed by atoms with van der Waals surface area (Å²) in [6, 6.07) is 19.5. The molecule has 1 unspecified atom stereocenters. The molecule has 0 aliphatic carbocycles. The molecule has 1 heterocycles. The van der Waals surface area contributed by atoms with Crippen molar-refractivity contribution in [2.24, 2.45) is 0 Å². The highest BCUT2D eigenvalue weighted by Gasteiger charge is 2.54. The average molecular weight is 656 g/mol. The molecule has 1 aliphatic rings. The van der Waals surface area contributed by atoms with Crippen molar-refractivity contribution in [1.29, 1.82) is 0 Å². The molecule has 0 amide bonds. The summed E-state index contributed by atoms with van der Waals surface area (Å²) in [6.07, 6.45) is -1.30. The summed E-state index contributed by atoms with van der Waals surface area (Å²) in [4.78, 5) is 48.4. The van der Waals surface area contributed by atoms with E-state index in [1.54, 1.807) is 74.5 Å². The van der Waals surface area contributed by atoms with Gasteiger partial charge in [0.2, 0.25) is 6.23 Å². The normalized spacial score (nSPS) is 17.8. The van der Waals surface area contributed by atoms with Gasteiger partial charge in [0, 0.05) is 10.6 Å². The van der Waals surface area contributed by atoms with Crippen molar-refractivity contribution in [2.45, 2.75) is 44.7 Å². The van der Waals surface area contributed by atoms with Gasteiger partial charge in [-0.3, -0.25) is 5.32 Å². The lowest BCUT2D eigenvalue weighted by atomic mass is 9.79. The van der Waals surface area contributed by atoms with Crippen LogP contribution >= 0.6 is 11.6 Å². The average Bonchev–Trinajstić information content (AvgIpc) is 3.05. The highest BCUT2D eigenvalue weighted by atomic mass is 35.5. The number of halogens is 1. The molecular formula is C33H34ClNO11. The molecule has 1 fully saturated rings. The third kappa shape index (κ3) is 7.76. The van der Waals surface area contributed by atoms with E-state index in [-0.39, 0.29) is 37.0 Å². The van der Waals surface area contributed by atoms with Gasteiger partial charge in [-0.25, -0.2) is 19.2 Å². The van der Waals surface area contributed by atoms with E-state index >= 15 is 0 Å². The van der Waals surface area contributed by atoms with Gasteiger partial charge in [0.25, 0.3) is 5.79 Å². The molecule has 4 rings (SSSR count). The predicted octanol–water partition coefficient (Wildman–Crippen LogP) is 3.74. The molecule has 0 aromatic heterocycles. The second-order valence-electron chi connectivity index (χ2n) is 10.0. The van der Waals surface area contributed by atoms with Gasteiger partial charge in [-0.2, -0.15) is 0 Å². The van der Waals surface area contributed by atoms with Crippen LogP contribution in [0.2, 0.25) is 5.02 Å². The second-order valence-corrected chi connectivity index (χ2v) is 10.5. The maximum Gasteiger partial charge on any atom is 0.420 e. The highest BCUT2D eigenvalue weighted by Crippen LogP contribution is 2.40. The molecule has 0 radical (unpaired) electrons. The molecule has 0 saturated carbocycles. The molecule has 0 bridgehead atoms. The predicted molar refractivity (Wildman–Crippen MR) is 163 cm³/mol. The Morgan fingerprint density at radius 2 is 1.37 bits per heavy atom. The van der Waals surface area contributed by atoms with E-state index in [0.29, 0.717) is 29.0 Å². The van der Waals surface area contributed by atoms with Gasteiger partial charge in [0.1, 0.15) is 11.5 Å². The fraction of sp³-hybridized carbons (Fsp3) is 0.333. The van der Waals surface area contributed by atoms with Crippen LogP contribution in [0.3, 0.4) is 0 Å². The monoisotopic (exact) mass is 655 g/mol. The Bertz CT molecular complexity index is 1480. The molecule has 1 aliphatic heterocycles. The lowest BCUT2D eigenvalue weighted by Gasteiger charge is -2.44. The first-order valence-electron chi connectivity index (χ1n) is 14.5. The number of carbonyl (C=O) groups excluding carboxylic acids is 4. The zero-order valence-corrected chi connectivity index (χ0v) is 26.2. The number of rotatable bonds is 14. The van der Waals surface area contributed by atoms with E-state index in [1.165, 1.54) is 12.1 Å². The summed E-state index contributed by atoms with van der Waals surface area (Å²) in [5.41, 5.74) is 0.106. The van der Waals surface area contributed by atoms with Crippen LogP contribution in [-0.2, 0) is 49.5 Å². The van der Waals surface area contributed by atoms with Gasteiger partial charge in [-0.1, -0.05) is 54.9 Å². The van der Waals surface area contributed by atoms with E-state index in [0.717, 1.165) is 0 Å². The highest BCUT2D eigenvalue weighted by molar-refractivity contribution is 6.31. The number of cyclic esters (lactones) is 2. The Hall–Kier alpha value is -4.65. The first-order chi connectivity index (χ1) is 22.0. The van der Waals surface area contributed by atoms with Crippen molar-refractivity contribution >= 4 is 35.5 Å². The van der Waals surface area contributed by atoms with Crippen LogP contribution in [0, 0.1) is 0 Å². The number of aliphatic hydroxyl groups is 1. The van der Waals surface area contributed by atoms with Crippen molar-refractivity contribution < 1.29 is 52.7 Å². The summed E-state index contributed by atoms with van der Waals surface area (Å²) in [5, 5.41) is 15.3. The van der Waals surface area contributed by atoms with Gasteiger partial charge >= 0.3 is 23.9 Å². The SMILES string of the molecule is CCOC(=O)COc1ccc(C(CC)(NC2OC(=O)C(=O)O[C@]2(O)c2cccc(Cl)c2)c2ccc(OCC(=O)OCC)cc2)cc1. The Kier molecular flexibility index (Phi) is 11.2. The van der Waals surface area contributed by atoms with Gasteiger partial charge in [0.05, 0.1) is 18.8 Å². The Morgan fingerprint density at radius 3 is 1.83 bits per heavy atom. The number of esters is 4. The van der Waals surface area contributed by atoms with E-state index in [9.17, 15) is 24.3 Å². The Labute approximate surface area is 270 Å². The molecule has 3 aromatic carbocycles. The summed E-state index contributed by atoms with van der Waals surface area (Å²) in [6.45, 7) is 5.13. The first kappa shape index (κ1) is 34.2. The maximum atomic E-state index is 12.5. The van der Waals surface area contributed by atoms with Crippen LogP contribution in [0.4, 0.5) is 0 Å². The van der Waals surface area contributed by atoms with Crippen LogP contribution < -0.4 is 14.8 Å². The first-order valence-corrected chi connectivity index (χ1v) is 14.9. The van der Waals surface area contributed by atoms with E-state index in [4.69, 9.17) is 40.0 Å². The largest absolute Gasteiger partial charge is 0.482 e. The molecule has 1 saturated heterocycles. The van der Waals surface area contributed by atoms with Crippen LogP contribution in [0.5, 0.6) is 11.5 Å². The second kappa shape index (κ2) is 15.1. The van der Waals surface area contributed by atoms with Gasteiger partial charge in [-0.15, -0.1) is 0 Å². The smallest absolute Gasteiger partial charge is 0.420 e. The van der Waals surface area contributed by atoms with E-state index in [2.05, 4.69) is 5.32 Å². The molecule has 244 valence electrons. The number of hydrogen-bond acceptors (Lipinski definition) is 12. The van der Waals surface area contributed by atoms with E-state index in [1.807, 2.05) is 6.92 Å². The van der Waals surface area contributed by atoms with Crippen molar-refractivity contribution in [3.63, 3.8) is 0 Å². The molecule has 46 heavy (non-hydrogen) atoms. The van der Waals surface area contributed by atoms with E-state index < -0.39 is 41.4 Å². The molecule has 3 aromatic rings. The Morgan fingerprint density at radius 1 is 0.848 bits per heavy atom. The number of ether oxygens (including phenoxy) is 6. The number of hydrogen-bond donors (Lipinski definition) is 2. The summed E-state index contributed by atoms with van der Waals surface area (Å²) in [7, 11) is 0. The minimum Gasteiger partial charge on any atom is -0.482 e. The standard InChI is InChI=1S/C33H34ClNO11/c1-4-32(21-10-14-25(15-11-21)43-19-27(36)41-5-2,22-12-16-26(17-13-22)44-20-28(37)42-6-3)35-31-33(40,46-30(39)29(38)45-31)23-8-7-9-24(34)18-23/h7-18,31,35,40H,4-6,19-20H2,1-3H3/t31?,33-/m1/s1. The molecular weight excluding hydrogens is 622 g/mol. The van der Waals surface area contributed by atoms with Crippen molar-refractivity contribution in [1.82, 2.24) is 5.32 Å². The zero-order valence-electron chi connectivity index (χ0n) is 25.4. The number of benzene rings is 3. The third-order valence-electron chi connectivity index (χ3n) is 7.16. The zero-order chi connectivity index (χ0) is 33.3.